The van der Waals surface area contributed by atoms with Crippen LogP contribution < -0.4 is 0 Å². The number of carbonyl (C=O) groups is 1. The monoisotopic (exact) mass is 216 g/mol. The number of carboxylic acid groups (broad SMARTS) is 1. The van der Waals surface area contributed by atoms with E-state index < -0.39 is 11.6 Å². The zero-order valence-electron chi connectivity index (χ0n) is 10.1. The fourth-order valence-electron chi connectivity index (χ4n) is 1.91. The van der Waals surface area contributed by atoms with Gasteiger partial charge in [0.2, 0.25) is 0 Å². The Bertz CT molecular complexity index is 189. The van der Waals surface area contributed by atoms with E-state index in [1.54, 1.807) is 0 Å². The molecule has 0 saturated carbocycles. The molecular weight excluding hydrogens is 192 g/mol. The summed E-state index contributed by atoms with van der Waals surface area (Å²) in [6, 6.07) is 0. The first-order chi connectivity index (χ1) is 6.89. The number of rotatable bonds is 8. The molecule has 1 unspecified atom stereocenters. The molecule has 90 valence electrons. The highest BCUT2D eigenvalue weighted by molar-refractivity contribution is 5.66. The summed E-state index contributed by atoms with van der Waals surface area (Å²) in [6.07, 6.45) is 3.93. The van der Waals surface area contributed by atoms with E-state index in [1.807, 2.05) is 6.92 Å². The van der Waals surface area contributed by atoms with Crippen LogP contribution >= 0.6 is 0 Å². The van der Waals surface area contributed by atoms with Crippen molar-refractivity contribution in [1.29, 1.82) is 0 Å². The minimum atomic E-state index is -0.751. The molecule has 0 aliphatic rings. The molecule has 0 heterocycles. The SMILES string of the molecule is CCC(O)(CCCCC(=O)O)CC(C)C. The van der Waals surface area contributed by atoms with Crippen LogP contribution in [-0.4, -0.2) is 21.8 Å². The number of aliphatic carboxylic acids is 1. The highest BCUT2D eigenvalue weighted by atomic mass is 16.4. The van der Waals surface area contributed by atoms with Gasteiger partial charge in [-0.05, 0) is 31.6 Å². The van der Waals surface area contributed by atoms with Crippen LogP contribution in [-0.2, 0) is 4.79 Å². The number of aliphatic hydroxyl groups is 1. The molecule has 0 aromatic carbocycles. The Balaban J connectivity index is 3.82. The Morgan fingerprint density at radius 3 is 2.33 bits per heavy atom. The molecule has 0 fully saturated rings. The minimum Gasteiger partial charge on any atom is -0.481 e. The average Bonchev–Trinajstić information content (AvgIpc) is 2.11. The maximum absolute atomic E-state index is 10.3. The molecule has 0 aromatic heterocycles. The topological polar surface area (TPSA) is 57.5 Å². The van der Waals surface area contributed by atoms with Gasteiger partial charge >= 0.3 is 5.97 Å². The van der Waals surface area contributed by atoms with Crippen molar-refractivity contribution >= 4 is 5.97 Å². The second kappa shape index (κ2) is 6.83. The van der Waals surface area contributed by atoms with Crippen LogP contribution in [0.4, 0.5) is 0 Å². The highest BCUT2D eigenvalue weighted by Gasteiger charge is 2.24. The van der Waals surface area contributed by atoms with Gasteiger partial charge in [-0.25, -0.2) is 0 Å². The molecule has 15 heavy (non-hydrogen) atoms. The average molecular weight is 216 g/mol. The van der Waals surface area contributed by atoms with E-state index in [2.05, 4.69) is 13.8 Å². The van der Waals surface area contributed by atoms with E-state index in [4.69, 9.17) is 5.11 Å². The van der Waals surface area contributed by atoms with Gasteiger partial charge < -0.3 is 10.2 Å². The molecule has 3 heteroatoms. The van der Waals surface area contributed by atoms with Crippen LogP contribution in [0.15, 0.2) is 0 Å². The van der Waals surface area contributed by atoms with E-state index in [0.29, 0.717) is 12.3 Å². The van der Waals surface area contributed by atoms with Crippen molar-refractivity contribution < 1.29 is 15.0 Å². The van der Waals surface area contributed by atoms with Crippen LogP contribution in [0.5, 0.6) is 0 Å². The molecule has 0 bridgehead atoms. The van der Waals surface area contributed by atoms with E-state index >= 15 is 0 Å². The summed E-state index contributed by atoms with van der Waals surface area (Å²) in [5.41, 5.74) is -0.591. The largest absolute Gasteiger partial charge is 0.481 e. The smallest absolute Gasteiger partial charge is 0.303 e. The summed E-state index contributed by atoms with van der Waals surface area (Å²) in [5.74, 6) is -0.270. The zero-order chi connectivity index (χ0) is 11.9. The van der Waals surface area contributed by atoms with Crippen LogP contribution in [0, 0.1) is 5.92 Å². The second-order valence-corrected chi connectivity index (χ2v) is 4.78. The van der Waals surface area contributed by atoms with E-state index in [1.165, 1.54) is 0 Å². The zero-order valence-corrected chi connectivity index (χ0v) is 10.1. The third-order valence-electron chi connectivity index (χ3n) is 2.73. The molecule has 0 aliphatic heterocycles. The minimum absolute atomic E-state index is 0.210. The summed E-state index contributed by atoms with van der Waals surface area (Å²) in [5, 5.41) is 18.7. The van der Waals surface area contributed by atoms with Crippen LogP contribution in [0.3, 0.4) is 0 Å². The molecule has 2 N–H and O–H groups in total. The lowest BCUT2D eigenvalue weighted by molar-refractivity contribution is -0.137. The molecule has 0 spiro atoms. The predicted molar refractivity (Wildman–Crippen MR) is 60.8 cm³/mol. The molecule has 0 amide bonds. The van der Waals surface area contributed by atoms with Gasteiger partial charge in [0.15, 0.2) is 0 Å². The molecule has 0 radical (unpaired) electrons. The van der Waals surface area contributed by atoms with E-state index in [0.717, 1.165) is 25.7 Å². The number of unbranched alkanes of at least 4 members (excludes halogenated alkanes) is 1. The quantitative estimate of drug-likeness (QED) is 0.613. The fourth-order valence-corrected chi connectivity index (χ4v) is 1.91. The lowest BCUT2D eigenvalue weighted by Crippen LogP contribution is -2.29. The highest BCUT2D eigenvalue weighted by Crippen LogP contribution is 2.26. The summed E-state index contributed by atoms with van der Waals surface area (Å²) in [7, 11) is 0. The molecule has 0 rings (SSSR count). The summed E-state index contributed by atoms with van der Waals surface area (Å²) >= 11 is 0. The maximum Gasteiger partial charge on any atom is 0.303 e. The van der Waals surface area contributed by atoms with Gasteiger partial charge in [0.1, 0.15) is 0 Å². The molecule has 1 atom stereocenters. The van der Waals surface area contributed by atoms with Crippen molar-refractivity contribution in [2.45, 2.75) is 64.9 Å². The normalized spacial score (nSPS) is 15.3. The van der Waals surface area contributed by atoms with Gasteiger partial charge in [-0.15, -0.1) is 0 Å². The second-order valence-electron chi connectivity index (χ2n) is 4.78. The van der Waals surface area contributed by atoms with E-state index in [-0.39, 0.29) is 6.42 Å². The van der Waals surface area contributed by atoms with Crippen LogP contribution in [0.1, 0.15) is 59.3 Å². The third kappa shape index (κ3) is 7.37. The summed E-state index contributed by atoms with van der Waals surface area (Å²) in [6.45, 7) is 6.18. The van der Waals surface area contributed by atoms with Crippen molar-refractivity contribution in [2.24, 2.45) is 5.92 Å². The molecule has 0 saturated heterocycles. The standard InChI is InChI=1S/C12H24O3/c1-4-12(15,9-10(2)3)8-6-5-7-11(13)14/h10,15H,4-9H2,1-3H3,(H,13,14). The van der Waals surface area contributed by atoms with Gasteiger partial charge in [0, 0.05) is 6.42 Å². The molecule has 0 aliphatic carbocycles. The van der Waals surface area contributed by atoms with Gasteiger partial charge in [-0.2, -0.15) is 0 Å². The number of hydrogen-bond acceptors (Lipinski definition) is 2. The van der Waals surface area contributed by atoms with Gasteiger partial charge in [0.05, 0.1) is 5.60 Å². The van der Waals surface area contributed by atoms with Gasteiger partial charge in [-0.3, -0.25) is 4.79 Å². The summed E-state index contributed by atoms with van der Waals surface area (Å²) in [4.78, 5) is 10.3. The third-order valence-corrected chi connectivity index (χ3v) is 2.73. The number of carboxylic acids is 1. The van der Waals surface area contributed by atoms with Crippen molar-refractivity contribution in [3.63, 3.8) is 0 Å². The van der Waals surface area contributed by atoms with Crippen molar-refractivity contribution in [3.8, 4) is 0 Å². The maximum atomic E-state index is 10.3. The number of hydrogen-bond donors (Lipinski definition) is 2. The van der Waals surface area contributed by atoms with Crippen molar-refractivity contribution in [1.82, 2.24) is 0 Å². The first-order valence-electron chi connectivity index (χ1n) is 5.84. The van der Waals surface area contributed by atoms with Crippen molar-refractivity contribution in [2.75, 3.05) is 0 Å². The first kappa shape index (κ1) is 14.4. The molecule has 3 nitrogen and oxygen atoms in total. The van der Waals surface area contributed by atoms with Crippen molar-refractivity contribution in [3.05, 3.63) is 0 Å². The molecular formula is C12H24O3. The van der Waals surface area contributed by atoms with Gasteiger partial charge in [-0.1, -0.05) is 27.2 Å². The Labute approximate surface area is 92.5 Å². The van der Waals surface area contributed by atoms with Gasteiger partial charge in [0.25, 0.3) is 0 Å². The Morgan fingerprint density at radius 2 is 1.93 bits per heavy atom. The van der Waals surface area contributed by atoms with Crippen LogP contribution in [0.2, 0.25) is 0 Å². The Kier molecular flexibility index (Phi) is 6.57. The Hall–Kier alpha value is -0.570. The summed E-state index contributed by atoms with van der Waals surface area (Å²) < 4.78 is 0. The van der Waals surface area contributed by atoms with Crippen LogP contribution in [0.25, 0.3) is 0 Å². The first-order valence-corrected chi connectivity index (χ1v) is 5.84. The Morgan fingerprint density at radius 1 is 1.33 bits per heavy atom. The lowest BCUT2D eigenvalue weighted by Gasteiger charge is -2.28. The predicted octanol–water partition coefficient (Wildman–Crippen LogP) is 2.82. The molecule has 0 aromatic rings. The fraction of sp³-hybridized carbons (Fsp3) is 0.917. The lowest BCUT2D eigenvalue weighted by atomic mass is 9.85. The van der Waals surface area contributed by atoms with E-state index in [9.17, 15) is 9.90 Å².